The molecule has 1 aromatic carbocycles. The van der Waals surface area contributed by atoms with Crippen LogP contribution in [-0.2, 0) is 14.4 Å². The predicted molar refractivity (Wildman–Crippen MR) is 105 cm³/mol. The lowest BCUT2D eigenvalue weighted by atomic mass is 9.99. The molecule has 10 heteroatoms. The second kappa shape index (κ2) is 7.74. The number of ether oxygens (including phenoxy) is 1. The standard InChI is InChI=1S/C21H26F2N4O4/c1-21(2)15-9-26(16(28)10-31-14-6-12(22)5-13(23)7-14)18(17(15)21)20(30)27(24)8-11-3-4-25-19(11)29/h5-7,11,15,17-18H,3-4,8-10,24H2,1-2H3,(H,25,29)/t11-,15-,17-,18-/m0/s1. The molecule has 8 nitrogen and oxygen atoms in total. The monoisotopic (exact) mass is 436 g/mol. The molecule has 3 N–H and O–H groups in total. The summed E-state index contributed by atoms with van der Waals surface area (Å²) in [5.74, 6) is 3.03. The van der Waals surface area contributed by atoms with Crippen LogP contribution in [0.3, 0.4) is 0 Å². The molecule has 3 amide bonds. The maximum Gasteiger partial charge on any atom is 0.261 e. The first-order valence-corrected chi connectivity index (χ1v) is 10.3. The smallest absolute Gasteiger partial charge is 0.261 e. The van der Waals surface area contributed by atoms with Crippen LogP contribution < -0.4 is 15.9 Å². The quantitative estimate of drug-likeness (QED) is 0.387. The molecule has 2 heterocycles. The number of carbonyl (C=O) groups is 3. The van der Waals surface area contributed by atoms with Crippen LogP contribution >= 0.6 is 0 Å². The zero-order valence-corrected chi connectivity index (χ0v) is 17.4. The second-order valence-corrected chi connectivity index (χ2v) is 9.11. The molecular formula is C21H26F2N4O4. The number of benzene rings is 1. The number of nitrogens with two attached hydrogens (primary N) is 1. The first-order valence-electron chi connectivity index (χ1n) is 10.3. The Morgan fingerprint density at radius 3 is 2.58 bits per heavy atom. The number of rotatable bonds is 6. The average molecular weight is 436 g/mol. The summed E-state index contributed by atoms with van der Waals surface area (Å²) in [4.78, 5) is 39.3. The first kappa shape index (κ1) is 21.5. The van der Waals surface area contributed by atoms with E-state index in [0.29, 0.717) is 25.6 Å². The number of hydrazine groups is 1. The summed E-state index contributed by atoms with van der Waals surface area (Å²) in [6.45, 7) is 4.65. The van der Waals surface area contributed by atoms with Crippen LogP contribution in [0.2, 0.25) is 0 Å². The third kappa shape index (κ3) is 3.96. The molecule has 3 aliphatic rings. The Labute approximate surface area is 178 Å². The highest BCUT2D eigenvalue weighted by atomic mass is 19.1. The Balaban J connectivity index is 1.44. The van der Waals surface area contributed by atoms with Gasteiger partial charge in [-0.05, 0) is 23.7 Å². The zero-order valence-electron chi connectivity index (χ0n) is 17.4. The molecule has 31 heavy (non-hydrogen) atoms. The van der Waals surface area contributed by atoms with Gasteiger partial charge < -0.3 is 15.0 Å². The largest absolute Gasteiger partial charge is 0.484 e. The highest BCUT2D eigenvalue weighted by Crippen LogP contribution is 2.65. The molecule has 168 valence electrons. The molecule has 3 fully saturated rings. The van der Waals surface area contributed by atoms with Crippen LogP contribution in [-0.4, -0.2) is 59.9 Å². The molecule has 2 aliphatic heterocycles. The van der Waals surface area contributed by atoms with E-state index in [1.165, 1.54) is 4.90 Å². The van der Waals surface area contributed by atoms with E-state index in [9.17, 15) is 23.2 Å². The Kier molecular flexibility index (Phi) is 5.36. The fourth-order valence-corrected chi connectivity index (χ4v) is 4.98. The van der Waals surface area contributed by atoms with Gasteiger partial charge >= 0.3 is 0 Å². The minimum Gasteiger partial charge on any atom is -0.484 e. The van der Waals surface area contributed by atoms with Crippen molar-refractivity contribution in [2.45, 2.75) is 26.3 Å². The van der Waals surface area contributed by atoms with Crippen molar-refractivity contribution in [3.8, 4) is 5.75 Å². The number of carbonyl (C=O) groups excluding carboxylic acids is 3. The number of amides is 3. The molecule has 1 aromatic rings. The number of hydrogen-bond donors (Lipinski definition) is 2. The van der Waals surface area contributed by atoms with Gasteiger partial charge in [0.25, 0.3) is 11.8 Å². The fraction of sp³-hybridized carbons (Fsp3) is 0.571. The molecule has 0 unspecified atom stereocenters. The van der Waals surface area contributed by atoms with Crippen LogP contribution in [0.25, 0.3) is 0 Å². The predicted octanol–water partition coefficient (Wildman–Crippen LogP) is 0.665. The van der Waals surface area contributed by atoms with Crippen LogP contribution in [0.15, 0.2) is 18.2 Å². The van der Waals surface area contributed by atoms with Gasteiger partial charge in [-0.2, -0.15) is 0 Å². The molecule has 0 spiro atoms. The van der Waals surface area contributed by atoms with Crippen molar-refractivity contribution in [2.24, 2.45) is 29.0 Å². The van der Waals surface area contributed by atoms with E-state index < -0.39 is 36.1 Å². The lowest BCUT2D eigenvalue weighted by molar-refractivity contribution is -0.147. The van der Waals surface area contributed by atoms with E-state index in [4.69, 9.17) is 10.6 Å². The Hall–Kier alpha value is -2.75. The number of likely N-dealkylation sites (tertiary alicyclic amines) is 1. The van der Waals surface area contributed by atoms with Crippen LogP contribution in [0, 0.1) is 34.8 Å². The zero-order chi connectivity index (χ0) is 22.5. The van der Waals surface area contributed by atoms with E-state index >= 15 is 0 Å². The van der Waals surface area contributed by atoms with Crippen molar-refractivity contribution in [1.29, 1.82) is 0 Å². The number of hydrogen-bond acceptors (Lipinski definition) is 5. The maximum atomic E-state index is 13.3. The lowest BCUT2D eigenvalue weighted by Gasteiger charge is -2.32. The van der Waals surface area contributed by atoms with E-state index in [1.807, 2.05) is 13.8 Å². The summed E-state index contributed by atoms with van der Waals surface area (Å²) in [6.07, 6.45) is 0.600. The van der Waals surface area contributed by atoms with Gasteiger partial charge in [0.1, 0.15) is 23.4 Å². The van der Waals surface area contributed by atoms with Crippen molar-refractivity contribution in [2.75, 3.05) is 26.2 Å². The van der Waals surface area contributed by atoms with Gasteiger partial charge in [0.15, 0.2) is 6.61 Å². The van der Waals surface area contributed by atoms with E-state index in [2.05, 4.69) is 5.32 Å². The topological polar surface area (TPSA) is 105 Å². The second-order valence-electron chi connectivity index (χ2n) is 9.11. The van der Waals surface area contributed by atoms with Gasteiger partial charge in [-0.3, -0.25) is 19.4 Å². The van der Waals surface area contributed by atoms with Gasteiger partial charge in [-0.15, -0.1) is 0 Å². The molecule has 2 saturated heterocycles. The fourth-order valence-electron chi connectivity index (χ4n) is 4.98. The minimum absolute atomic E-state index is 0.0426. The summed E-state index contributed by atoms with van der Waals surface area (Å²) < 4.78 is 32.0. The third-order valence-electron chi connectivity index (χ3n) is 6.84. The highest BCUT2D eigenvalue weighted by molar-refractivity contribution is 5.90. The van der Waals surface area contributed by atoms with Crippen LogP contribution in [0.5, 0.6) is 5.75 Å². The molecule has 0 aromatic heterocycles. The van der Waals surface area contributed by atoms with Crippen molar-refractivity contribution < 1.29 is 27.9 Å². The number of piperidine rings is 1. The molecular weight excluding hydrogens is 410 g/mol. The molecule has 4 atom stereocenters. The van der Waals surface area contributed by atoms with Crippen molar-refractivity contribution in [3.63, 3.8) is 0 Å². The molecule has 1 aliphatic carbocycles. The number of halogens is 2. The molecule has 4 rings (SSSR count). The summed E-state index contributed by atoms with van der Waals surface area (Å²) in [5.41, 5.74) is -0.102. The molecule has 1 saturated carbocycles. The Morgan fingerprint density at radius 1 is 1.29 bits per heavy atom. The highest BCUT2D eigenvalue weighted by Gasteiger charge is 2.69. The Morgan fingerprint density at radius 2 is 1.97 bits per heavy atom. The van der Waals surface area contributed by atoms with Crippen molar-refractivity contribution >= 4 is 17.7 Å². The SMILES string of the molecule is CC1(C)[C@@H]2[C@@H](C(=O)N(N)C[C@@H]3CCNC3=O)N(C(=O)COc3cc(F)cc(F)c3)C[C@@H]21. The summed E-state index contributed by atoms with van der Waals surface area (Å²) in [6, 6.07) is 1.92. The van der Waals surface area contributed by atoms with E-state index in [0.717, 1.165) is 17.1 Å². The number of nitrogens with zero attached hydrogens (tertiary/aromatic N) is 2. The van der Waals surface area contributed by atoms with Crippen molar-refractivity contribution in [1.82, 2.24) is 15.2 Å². The molecule has 0 radical (unpaired) electrons. The summed E-state index contributed by atoms with van der Waals surface area (Å²) in [5, 5.41) is 3.76. The summed E-state index contributed by atoms with van der Waals surface area (Å²) >= 11 is 0. The average Bonchev–Trinajstić information content (AvgIpc) is 3.06. The number of nitrogens with one attached hydrogen (secondary N) is 1. The maximum absolute atomic E-state index is 13.3. The normalized spacial score (nSPS) is 28.2. The third-order valence-corrected chi connectivity index (χ3v) is 6.84. The van der Waals surface area contributed by atoms with Gasteiger partial charge in [-0.1, -0.05) is 13.8 Å². The first-order chi connectivity index (χ1) is 14.6. The lowest BCUT2D eigenvalue weighted by Crippen LogP contribution is -2.55. The van der Waals surface area contributed by atoms with Crippen molar-refractivity contribution in [3.05, 3.63) is 29.8 Å². The Bertz CT molecular complexity index is 904. The van der Waals surface area contributed by atoms with Gasteiger partial charge in [0.05, 0.1) is 5.92 Å². The van der Waals surface area contributed by atoms with Crippen LogP contribution in [0.1, 0.15) is 20.3 Å². The van der Waals surface area contributed by atoms with Gasteiger partial charge in [0, 0.05) is 37.8 Å². The van der Waals surface area contributed by atoms with E-state index in [1.54, 1.807) is 0 Å². The minimum atomic E-state index is -0.811. The van der Waals surface area contributed by atoms with Crippen LogP contribution in [0.4, 0.5) is 8.78 Å². The summed E-state index contributed by atoms with van der Waals surface area (Å²) in [7, 11) is 0. The van der Waals surface area contributed by atoms with Gasteiger partial charge in [-0.25, -0.2) is 14.6 Å². The molecule has 0 bridgehead atoms. The van der Waals surface area contributed by atoms with Gasteiger partial charge in [0.2, 0.25) is 5.91 Å². The number of fused-ring (bicyclic) bond motifs is 1. The van der Waals surface area contributed by atoms with E-state index in [-0.39, 0.29) is 41.4 Å².